The van der Waals surface area contributed by atoms with Gasteiger partial charge in [-0.15, -0.1) is 0 Å². The normalized spacial score (nSPS) is 15.0. The second-order valence-electron chi connectivity index (χ2n) is 19.0. The molecule has 11 aromatic rings. The van der Waals surface area contributed by atoms with Gasteiger partial charge in [0.1, 0.15) is 0 Å². The van der Waals surface area contributed by atoms with Crippen LogP contribution in [0.1, 0.15) is 48.3 Å². The lowest BCUT2D eigenvalue weighted by Gasteiger charge is -2.23. The molecule has 2 aliphatic carbocycles. The molecule has 68 heavy (non-hydrogen) atoms. The molecule has 2 aliphatic rings. The zero-order valence-corrected chi connectivity index (χ0v) is 39.2. The summed E-state index contributed by atoms with van der Waals surface area (Å²) in [5, 5.41) is 5.04. The van der Waals surface area contributed by atoms with Gasteiger partial charge >= 0.3 is 0 Å². The Morgan fingerprint density at radius 1 is 0.456 bits per heavy atom. The second-order valence-corrected chi connectivity index (χ2v) is 19.5. The largest absolute Gasteiger partial charge is 0.309 e. The SMILES string of the molecule is C=CC1=C(/C=C\C)c2cc3c(cc2C1(C)C)c1ccc(-c2ccccc2)cc1n3-c1ccc(-c2ccc(-n3c4cc(-c5ccccc5)ccc4c4cc5c(cc43)-c3ccccc3C5S)cc2)cc1. The van der Waals surface area contributed by atoms with Crippen molar-refractivity contribution in [3.63, 3.8) is 0 Å². The second kappa shape index (κ2) is 15.3. The quantitative estimate of drug-likeness (QED) is 0.153. The molecule has 0 saturated heterocycles. The Balaban J connectivity index is 0.938. The zero-order chi connectivity index (χ0) is 45.8. The van der Waals surface area contributed by atoms with Crippen LogP contribution in [0.3, 0.4) is 0 Å². The summed E-state index contributed by atoms with van der Waals surface area (Å²) in [7, 11) is 0. The number of allylic oxidation sites excluding steroid dienone is 5. The van der Waals surface area contributed by atoms with E-state index in [1.807, 2.05) is 0 Å². The lowest BCUT2D eigenvalue weighted by molar-refractivity contribution is 0.655. The average Bonchev–Trinajstić information content (AvgIpc) is 4.04. The Labute approximate surface area is 402 Å². The summed E-state index contributed by atoms with van der Waals surface area (Å²) in [4.78, 5) is 0. The minimum absolute atomic E-state index is 0.0480. The fraction of sp³-hybridized carbons (Fsp3) is 0.0769. The molecule has 0 aliphatic heterocycles. The van der Waals surface area contributed by atoms with Gasteiger partial charge < -0.3 is 9.13 Å². The molecular weight excluding hydrogens is 841 g/mol. The van der Waals surface area contributed by atoms with Crippen LogP contribution in [0.4, 0.5) is 0 Å². The van der Waals surface area contributed by atoms with Crippen molar-refractivity contribution in [2.24, 2.45) is 0 Å². The molecule has 0 radical (unpaired) electrons. The summed E-state index contributed by atoms with van der Waals surface area (Å²) in [6.45, 7) is 11.0. The first-order chi connectivity index (χ1) is 33.3. The summed E-state index contributed by atoms with van der Waals surface area (Å²) in [6, 6.07) is 71.9. The van der Waals surface area contributed by atoms with Crippen LogP contribution in [0.2, 0.25) is 0 Å². The molecule has 0 spiro atoms. The highest BCUT2D eigenvalue weighted by Crippen LogP contribution is 2.52. The van der Waals surface area contributed by atoms with Gasteiger partial charge in [0.05, 0.1) is 27.3 Å². The monoisotopic (exact) mass is 888 g/mol. The molecule has 0 N–H and O–H groups in total. The van der Waals surface area contributed by atoms with Crippen LogP contribution in [0.15, 0.2) is 225 Å². The Morgan fingerprint density at radius 3 is 1.47 bits per heavy atom. The van der Waals surface area contributed by atoms with E-state index in [-0.39, 0.29) is 10.7 Å². The lowest BCUT2D eigenvalue weighted by atomic mass is 9.81. The van der Waals surface area contributed by atoms with E-state index in [1.54, 1.807) is 0 Å². The smallest absolute Gasteiger partial charge is 0.0547 e. The van der Waals surface area contributed by atoms with Crippen LogP contribution in [-0.4, -0.2) is 9.13 Å². The lowest BCUT2D eigenvalue weighted by Crippen LogP contribution is -2.16. The van der Waals surface area contributed by atoms with E-state index < -0.39 is 0 Å². The van der Waals surface area contributed by atoms with Crippen molar-refractivity contribution in [1.82, 2.24) is 9.13 Å². The van der Waals surface area contributed by atoms with Crippen molar-refractivity contribution in [1.29, 1.82) is 0 Å². The molecule has 3 heteroatoms. The maximum absolute atomic E-state index is 5.15. The third-order valence-corrected chi connectivity index (χ3v) is 15.5. The molecule has 2 aromatic heterocycles. The maximum atomic E-state index is 5.15. The van der Waals surface area contributed by atoms with E-state index in [4.69, 9.17) is 12.6 Å². The van der Waals surface area contributed by atoms with E-state index in [9.17, 15) is 0 Å². The van der Waals surface area contributed by atoms with Crippen LogP contribution in [-0.2, 0) is 5.41 Å². The van der Waals surface area contributed by atoms with Gasteiger partial charge in [0.25, 0.3) is 0 Å². The Kier molecular flexibility index (Phi) is 9.13. The highest BCUT2D eigenvalue weighted by Gasteiger charge is 2.36. The fourth-order valence-electron chi connectivity index (χ4n) is 11.6. The summed E-state index contributed by atoms with van der Waals surface area (Å²) in [5.41, 5.74) is 24.3. The summed E-state index contributed by atoms with van der Waals surface area (Å²) < 4.78 is 4.92. The number of aromatic nitrogens is 2. The van der Waals surface area contributed by atoms with E-state index in [2.05, 4.69) is 249 Å². The van der Waals surface area contributed by atoms with Crippen molar-refractivity contribution in [3.8, 4) is 55.9 Å². The molecular formula is C65H48N2S. The molecule has 13 rings (SSSR count). The summed E-state index contributed by atoms with van der Waals surface area (Å²) in [5.74, 6) is 0. The maximum Gasteiger partial charge on any atom is 0.0547 e. The Bertz CT molecular complexity index is 3930. The highest BCUT2D eigenvalue weighted by atomic mass is 32.1. The van der Waals surface area contributed by atoms with Crippen molar-refractivity contribution in [2.45, 2.75) is 31.4 Å². The van der Waals surface area contributed by atoms with Crippen molar-refractivity contribution in [2.75, 3.05) is 0 Å². The fourth-order valence-corrected chi connectivity index (χ4v) is 12.1. The standard InChI is InChI=1S/C65H48N2S/c1-5-15-49-54-39-63-56(37-59(54)65(3,4)58(49)6-2)51-33-27-45(41-18-11-8-12-19-41)35-61(51)67(63)47-30-24-43(25-31-47)42-22-28-46(29-23-42)66-60-34-44(40-16-9-7-10-17-40)26-32-50(60)55-36-57-53(38-62(55)66)48-20-13-14-21-52(48)64(57)68/h5-39,64,68H,2H2,1,3-4H3/b15-5-. The first-order valence-corrected chi connectivity index (χ1v) is 24.2. The number of hydrogen-bond acceptors (Lipinski definition) is 1. The molecule has 0 saturated carbocycles. The van der Waals surface area contributed by atoms with Crippen LogP contribution in [0.5, 0.6) is 0 Å². The summed E-state index contributed by atoms with van der Waals surface area (Å²) >= 11 is 5.15. The number of benzene rings is 9. The van der Waals surface area contributed by atoms with Crippen LogP contribution >= 0.6 is 12.6 Å². The predicted octanol–water partition coefficient (Wildman–Crippen LogP) is 17.7. The highest BCUT2D eigenvalue weighted by molar-refractivity contribution is 7.80. The Hall–Kier alpha value is -7.85. The molecule has 2 heterocycles. The number of hydrogen-bond donors (Lipinski definition) is 1. The van der Waals surface area contributed by atoms with Gasteiger partial charge in [0.15, 0.2) is 0 Å². The van der Waals surface area contributed by atoms with E-state index in [0.717, 1.165) is 11.4 Å². The van der Waals surface area contributed by atoms with Gasteiger partial charge in [0.2, 0.25) is 0 Å². The van der Waals surface area contributed by atoms with Crippen LogP contribution in [0.25, 0.3) is 105 Å². The number of nitrogens with zero attached hydrogens (tertiary/aromatic N) is 2. The van der Waals surface area contributed by atoms with Crippen LogP contribution in [0, 0.1) is 0 Å². The topological polar surface area (TPSA) is 9.86 Å². The zero-order valence-electron chi connectivity index (χ0n) is 38.3. The number of rotatable bonds is 7. The van der Waals surface area contributed by atoms with Gasteiger partial charge in [-0.05, 0) is 145 Å². The van der Waals surface area contributed by atoms with Gasteiger partial charge in [-0.25, -0.2) is 0 Å². The molecule has 1 atom stereocenters. The first kappa shape index (κ1) is 40.4. The third-order valence-electron chi connectivity index (χ3n) is 14.9. The first-order valence-electron chi connectivity index (χ1n) is 23.7. The minimum Gasteiger partial charge on any atom is -0.309 e. The van der Waals surface area contributed by atoms with Crippen molar-refractivity contribution >= 4 is 61.8 Å². The van der Waals surface area contributed by atoms with Gasteiger partial charge in [-0.1, -0.05) is 172 Å². The van der Waals surface area contributed by atoms with E-state index >= 15 is 0 Å². The van der Waals surface area contributed by atoms with Crippen molar-refractivity contribution < 1.29 is 0 Å². The minimum atomic E-state index is -0.162. The predicted molar refractivity (Wildman–Crippen MR) is 293 cm³/mol. The van der Waals surface area contributed by atoms with Gasteiger partial charge in [0, 0.05) is 38.3 Å². The molecule has 0 fully saturated rings. The molecule has 2 nitrogen and oxygen atoms in total. The Morgan fingerprint density at radius 2 is 0.926 bits per heavy atom. The van der Waals surface area contributed by atoms with Gasteiger partial charge in [-0.3, -0.25) is 0 Å². The van der Waals surface area contributed by atoms with E-state index in [1.165, 1.54) is 122 Å². The molecule has 324 valence electrons. The van der Waals surface area contributed by atoms with Crippen LogP contribution < -0.4 is 0 Å². The number of fused-ring (bicyclic) bond motifs is 10. The van der Waals surface area contributed by atoms with Gasteiger partial charge in [-0.2, -0.15) is 12.6 Å². The summed E-state index contributed by atoms with van der Waals surface area (Å²) in [6.07, 6.45) is 6.45. The third kappa shape index (κ3) is 5.98. The molecule has 0 amide bonds. The number of thiol groups is 1. The van der Waals surface area contributed by atoms with E-state index in [0.29, 0.717) is 0 Å². The molecule has 0 bridgehead atoms. The molecule has 9 aromatic carbocycles. The average molecular weight is 889 g/mol. The molecule has 1 unspecified atom stereocenters. The van der Waals surface area contributed by atoms with Crippen molar-refractivity contribution in [3.05, 3.63) is 247 Å².